The quantitative estimate of drug-likeness (QED) is 0.646. The van der Waals surface area contributed by atoms with Gasteiger partial charge >= 0.3 is 0 Å². The Bertz CT molecular complexity index is 905. The maximum Gasteiger partial charge on any atom is 0.269 e. The molecule has 0 aliphatic carbocycles. The minimum absolute atomic E-state index is 0.0900. The van der Waals surface area contributed by atoms with Crippen LogP contribution in [-0.2, 0) is 14.8 Å². The number of benzene rings is 1. The Labute approximate surface area is 149 Å². The van der Waals surface area contributed by atoms with E-state index in [0.717, 1.165) is 12.1 Å². The summed E-state index contributed by atoms with van der Waals surface area (Å²) in [5, 5.41) is 3.56. The van der Waals surface area contributed by atoms with E-state index < -0.39 is 33.7 Å². The minimum atomic E-state index is -4.04. The van der Waals surface area contributed by atoms with Gasteiger partial charge in [0.1, 0.15) is 16.4 Å². The third-order valence-corrected chi connectivity index (χ3v) is 5.15. The Balaban J connectivity index is 1.97. The topological polar surface area (TPSA) is 130 Å². The van der Waals surface area contributed by atoms with E-state index in [1.165, 1.54) is 32.9 Å². The number of rotatable bonds is 5. The van der Waals surface area contributed by atoms with Crippen LogP contribution in [-0.4, -0.2) is 31.4 Å². The van der Waals surface area contributed by atoms with Gasteiger partial charge in [-0.15, -0.1) is 0 Å². The smallest absolute Gasteiger partial charge is 0.269 e. The molecule has 1 atom stereocenters. The number of hydrazine groups is 1. The van der Waals surface area contributed by atoms with Crippen molar-refractivity contribution in [3.8, 4) is 0 Å². The minimum Gasteiger partial charge on any atom is -0.360 e. The third-order valence-electron chi connectivity index (χ3n) is 3.37. The zero-order valence-corrected chi connectivity index (χ0v) is 15.0. The summed E-state index contributed by atoms with van der Waals surface area (Å²) in [6.45, 7) is 4.19. The number of sulfonamides is 1. The molecule has 0 fully saturated rings. The van der Waals surface area contributed by atoms with Gasteiger partial charge in [-0.25, -0.2) is 12.8 Å². The molecule has 1 aromatic carbocycles. The second-order valence-electron chi connectivity index (χ2n) is 5.45. The number of hydrogen-bond acceptors (Lipinski definition) is 6. The summed E-state index contributed by atoms with van der Waals surface area (Å²) in [4.78, 5) is 23.7. The maximum absolute atomic E-state index is 12.8. The number of carbonyl (C=O) groups is 2. The van der Waals surface area contributed by atoms with Gasteiger partial charge in [-0.3, -0.25) is 20.4 Å². The number of aromatic nitrogens is 1. The van der Waals surface area contributed by atoms with Crippen LogP contribution in [0.2, 0.25) is 0 Å². The molecule has 3 N–H and O–H groups in total. The van der Waals surface area contributed by atoms with Gasteiger partial charge in [0.2, 0.25) is 10.0 Å². The molecule has 0 unspecified atom stereocenters. The van der Waals surface area contributed by atoms with Crippen molar-refractivity contribution in [2.24, 2.45) is 0 Å². The highest BCUT2D eigenvalue weighted by atomic mass is 32.2. The van der Waals surface area contributed by atoms with Crippen LogP contribution in [0.1, 0.15) is 28.7 Å². The average Bonchev–Trinajstić information content (AvgIpc) is 2.91. The summed E-state index contributed by atoms with van der Waals surface area (Å²) in [6, 6.07) is 3.47. The van der Waals surface area contributed by atoms with Gasteiger partial charge in [0.05, 0.1) is 6.04 Å². The van der Waals surface area contributed by atoms with Crippen LogP contribution in [0.5, 0.6) is 0 Å². The summed E-state index contributed by atoms with van der Waals surface area (Å²) in [7, 11) is -4.04. The van der Waals surface area contributed by atoms with Crippen LogP contribution in [0.25, 0.3) is 0 Å². The first-order chi connectivity index (χ1) is 12.1. The molecule has 2 aromatic rings. The molecule has 0 aliphatic rings. The Morgan fingerprint density at radius 3 is 2.31 bits per heavy atom. The average molecular weight is 384 g/mol. The van der Waals surface area contributed by atoms with Crippen molar-refractivity contribution in [3.05, 3.63) is 47.1 Å². The van der Waals surface area contributed by atoms with Gasteiger partial charge in [-0.05, 0) is 45.0 Å². The Hall–Kier alpha value is -2.79. The first kappa shape index (κ1) is 19.5. The molecule has 9 nitrogen and oxygen atoms in total. The molecule has 0 spiro atoms. The number of nitrogens with zero attached hydrogens (tertiary/aromatic N) is 1. The highest BCUT2D eigenvalue weighted by Crippen LogP contribution is 2.18. The first-order valence-corrected chi connectivity index (χ1v) is 8.91. The molecule has 1 heterocycles. The van der Waals surface area contributed by atoms with E-state index in [9.17, 15) is 22.4 Å². The first-order valence-electron chi connectivity index (χ1n) is 7.43. The standard InChI is InChI=1S/C15H17FN4O5S/c1-8-13(10(3)25-19-8)26(23,24)20-9(2)14(21)17-18-15(22)11-4-6-12(16)7-5-11/h4-7,9,20H,1-3H3,(H,17,21)(H,18,22)/t9-/m0/s1. The van der Waals surface area contributed by atoms with Gasteiger partial charge in [-0.1, -0.05) is 5.16 Å². The summed E-state index contributed by atoms with van der Waals surface area (Å²) < 4.78 is 44.5. The molecular formula is C15H17FN4O5S. The molecule has 11 heteroatoms. The van der Waals surface area contributed by atoms with Crippen LogP contribution >= 0.6 is 0 Å². The fourth-order valence-electron chi connectivity index (χ4n) is 2.10. The van der Waals surface area contributed by atoms with Gasteiger partial charge < -0.3 is 4.52 Å². The van der Waals surface area contributed by atoms with Crippen LogP contribution in [0, 0.1) is 19.7 Å². The Morgan fingerprint density at radius 1 is 1.15 bits per heavy atom. The van der Waals surface area contributed by atoms with Crippen LogP contribution in [0.15, 0.2) is 33.7 Å². The number of halogens is 1. The van der Waals surface area contributed by atoms with Gasteiger partial charge in [0.25, 0.3) is 11.8 Å². The number of hydrogen-bond donors (Lipinski definition) is 3. The summed E-state index contributed by atoms with van der Waals surface area (Å²) in [5.74, 6) is -1.89. The lowest BCUT2D eigenvalue weighted by Crippen LogP contribution is -2.51. The molecule has 2 amide bonds. The van der Waals surface area contributed by atoms with E-state index in [-0.39, 0.29) is 21.9 Å². The van der Waals surface area contributed by atoms with Crippen molar-refractivity contribution in [3.63, 3.8) is 0 Å². The predicted octanol–water partition coefficient (Wildman–Crippen LogP) is 0.559. The van der Waals surface area contributed by atoms with Crippen molar-refractivity contribution >= 4 is 21.8 Å². The zero-order valence-electron chi connectivity index (χ0n) is 14.2. The molecule has 0 saturated heterocycles. The molecular weight excluding hydrogens is 367 g/mol. The summed E-state index contributed by atoms with van der Waals surface area (Å²) >= 11 is 0. The molecule has 0 bridgehead atoms. The highest BCUT2D eigenvalue weighted by molar-refractivity contribution is 7.89. The summed E-state index contributed by atoms with van der Waals surface area (Å²) in [6.07, 6.45) is 0. The molecule has 0 radical (unpaired) electrons. The number of aryl methyl sites for hydroxylation is 2. The maximum atomic E-state index is 12.8. The van der Waals surface area contributed by atoms with Gasteiger partial charge in [0, 0.05) is 5.56 Å². The predicted molar refractivity (Wildman–Crippen MR) is 87.8 cm³/mol. The Morgan fingerprint density at radius 2 is 1.77 bits per heavy atom. The van der Waals surface area contributed by atoms with Crippen LogP contribution < -0.4 is 15.6 Å². The van der Waals surface area contributed by atoms with Crippen molar-refractivity contribution in [2.45, 2.75) is 31.7 Å². The van der Waals surface area contributed by atoms with E-state index in [1.807, 2.05) is 0 Å². The zero-order chi connectivity index (χ0) is 19.5. The molecule has 1 aromatic heterocycles. The molecule has 0 aliphatic heterocycles. The molecule has 2 rings (SSSR count). The van der Waals surface area contributed by atoms with Gasteiger partial charge in [-0.2, -0.15) is 4.72 Å². The van der Waals surface area contributed by atoms with Gasteiger partial charge in [0.15, 0.2) is 5.76 Å². The number of amides is 2. The third kappa shape index (κ3) is 4.43. The van der Waals surface area contributed by atoms with Crippen molar-refractivity contribution < 1.29 is 26.9 Å². The second kappa shape index (κ2) is 7.62. The van der Waals surface area contributed by atoms with E-state index >= 15 is 0 Å². The lowest BCUT2D eigenvalue weighted by atomic mass is 10.2. The van der Waals surface area contributed by atoms with Crippen molar-refractivity contribution in [2.75, 3.05) is 0 Å². The molecule has 140 valence electrons. The summed E-state index contributed by atoms with van der Waals surface area (Å²) in [5.41, 5.74) is 4.49. The lowest BCUT2D eigenvalue weighted by molar-refractivity contribution is -0.123. The van der Waals surface area contributed by atoms with E-state index in [2.05, 4.69) is 20.7 Å². The Kier molecular flexibility index (Phi) is 5.73. The van der Waals surface area contributed by atoms with E-state index in [0.29, 0.717) is 0 Å². The van der Waals surface area contributed by atoms with Crippen LogP contribution in [0.4, 0.5) is 4.39 Å². The molecule has 26 heavy (non-hydrogen) atoms. The van der Waals surface area contributed by atoms with Crippen molar-refractivity contribution in [1.82, 2.24) is 20.7 Å². The highest BCUT2D eigenvalue weighted by Gasteiger charge is 2.28. The SMILES string of the molecule is Cc1noc(C)c1S(=O)(=O)N[C@@H](C)C(=O)NNC(=O)c1ccc(F)cc1. The number of nitrogens with one attached hydrogen (secondary N) is 3. The van der Waals surface area contributed by atoms with E-state index in [4.69, 9.17) is 4.52 Å². The normalized spacial score (nSPS) is 12.5. The fourth-order valence-corrected chi connectivity index (χ4v) is 3.64. The fraction of sp³-hybridized carbons (Fsp3) is 0.267. The molecule has 0 saturated carbocycles. The van der Waals surface area contributed by atoms with Crippen molar-refractivity contribution in [1.29, 1.82) is 0 Å². The second-order valence-corrected chi connectivity index (χ2v) is 7.10. The van der Waals surface area contributed by atoms with E-state index in [1.54, 1.807) is 0 Å². The van der Waals surface area contributed by atoms with Crippen LogP contribution in [0.3, 0.4) is 0 Å². The monoisotopic (exact) mass is 384 g/mol. The lowest BCUT2D eigenvalue weighted by Gasteiger charge is -2.14. The largest absolute Gasteiger partial charge is 0.360 e. The number of carbonyl (C=O) groups excluding carboxylic acids is 2.